The number of benzene rings is 3. The van der Waals surface area contributed by atoms with Gasteiger partial charge in [0.25, 0.3) is 0 Å². The van der Waals surface area contributed by atoms with E-state index in [1.54, 1.807) is 0 Å². The van der Waals surface area contributed by atoms with Gasteiger partial charge in [-0.2, -0.15) is 0 Å². The minimum Gasteiger partial charge on any atom is -0.377 e. The molecule has 0 radical (unpaired) electrons. The zero-order valence-electron chi connectivity index (χ0n) is 23.2. The first-order chi connectivity index (χ1) is 18.3. The summed E-state index contributed by atoms with van der Waals surface area (Å²) < 4.78 is 5.77. The Bertz CT molecular complexity index is 982. The maximum absolute atomic E-state index is 5.77. The summed E-state index contributed by atoms with van der Waals surface area (Å²) in [7, 11) is 0. The minimum absolute atomic E-state index is 0.741. The largest absolute Gasteiger partial charge is 0.377 e. The second-order valence-corrected chi connectivity index (χ2v) is 10.5. The molecular formula is C36H48O. The van der Waals surface area contributed by atoms with Gasteiger partial charge in [0.1, 0.15) is 0 Å². The lowest BCUT2D eigenvalue weighted by molar-refractivity contribution is 0.117. The Balaban J connectivity index is 1.25. The first-order valence-corrected chi connectivity index (χ1v) is 14.7. The topological polar surface area (TPSA) is 9.23 Å². The van der Waals surface area contributed by atoms with Crippen LogP contribution in [0.3, 0.4) is 0 Å². The van der Waals surface area contributed by atoms with Crippen molar-refractivity contribution in [2.24, 2.45) is 0 Å². The Hall–Kier alpha value is -2.64. The minimum atomic E-state index is 0.741. The van der Waals surface area contributed by atoms with Crippen LogP contribution in [0.25, 0.3) is 0 Å². The summed E-state index contributed by atoms with van der Waals surface area (Å²) in [5.41, 5.74) is 8.54. The van der Waals surface area contributed by atoms with Gasteiger partial charge >= 0.3 is 0 Å². The van der Waals surface area contributed by atoms with E-state index in [4.69, 9.17) is 4.74 Å². The first kappa shape index (κ1) is 28.9. The molecule has 3 aromatic carbocycles. The summed E-state index contributed by atoms with van der Waals surface area (Å²) in [5, 5.41) is 0. The van der Waals surface area contributed by atoms with Crippen LogP contribution in [0.4, 0.5) is 0 Å². The van der Waals surface area contributed by atoms with E-state index in [0.29, 0.717) is 0 Å². The third kappa shape index (κ3) is 12.0. The number of hydrogen-bond donors (Lipinski definition) is 0. The number of unbranched alkanes of at least 4 members (excludes halogenated alkanes) is 4. The van der Waals surface area contributed by atoms with Crippen molar-refractivity contribution in [2.75, 3.05) is 6.61 Å². The van der Waals surface area contributed by atoms with Crippen molar-refractivity contribution in [2.45, 2.75) is 97.0 Å². The second-order valence-electron chi connectivity index (χ2n) is 10.5. The molecule has 198 valence electrons. The van der Waals surface area contributed by atoms with Gasteiger partial charge in [-0.1, -0.05) is 98.6 Å². The Morgan fingerprint density at radius 3 is 1.27 bits per heavy atom. The van der Waals surface area contributed by atoms with Gasteiger partial charge in [-0.25, -0.2) is 0 Å². The van der Waals surface area contributed by atoms with E-state index < -0.39 is 0 Å². The van der Waals surface area contributed by atoms with Crippen molar-refractivity contribution < 1.29 is 4.74 Å². The summed E-state index contributed by atoms with van der Waals surface area (Å²) >= 11 is 0. The molecule has 0 saturated heterocycles. The molecule has 0 heterocycles. The molecule has 0 N–H and O–H groups in total. The van der Waals surface area contributed by atoms with E-state index >= 15 is 0 Å². The summed E-state index contributed by atoms with van der Waals surface area (Å²) in [6.07, 6.45) is 17.5. The molecule has 0 aliphatic carbocycles. The van der Waals surface area contributed by atoms with Gasteiger partial charge < -0.3 is 4.74 Å². The van der Waals surface area contributed by atoms with Crippen LogP contribution in [0, 0.1) is 0 Å². The lowest BCUT2D eigenvalue weighted by atomic mass is 9.99. The van der Waals surface area contributed by atoms with Gasteiger partial charge in [0.15, 0.2) is 0 Å². The highest BCUT2D eigenvalue weighted by Crippen LogP contribution is 2.15. The monoisotopic (exact) mass is 496 g/mol. The Kier molecular flexibility index (Phi) is 13.9. The van der Waals surface area contributed by atoms with Gasteiger partial charge in [0, 0.05) is 6.61 Å². The van der Waals surface area contributed by atoms with E-state index in [2.05, 4.69) is 86.3 Å². The summed E-state index contributed by atoms with van der Waals surface area (Å²) in [6.45, 7) is 7.66. The first-order valence-electron chi connectivity index (χ1n) is 14.7. The van der Waals surface area contributed by atoms with Crippen LogP contribution < -0.4 is 0 Å². The van der Waals surface area contributed by atoms with Crippen molar-refractivity contribution in [3.8, 4) is 0 Å². The van der Waals surface area contributed by atoms with Crippen LogP contribution in [-0.4, -0.2) is 6.61 Å². The van der Waals surface area contributed by atoms with Crippen LogP contribution >= 0.6 is 0 Å². The van der Waals surface area contributed by atoms with Crippen molar-refractivity contribution in [1.82, 2.24) is 0 Å². The van der Waals surface area contributed by atoms with E-state index in [0.717, 1.165) is 32.5 Å². The lowest BCUT2D eigenvalue weighted by Crippen LogP contribution is -1.96. The Morgan fingerprint density at radius 1 is 0.514 bits per heavy atom. The normalized spacial score (nSPS) is 11.1. The molecule has 0 aliphatic heterocycles. The molecule has 0 fully saturated rings. The lowest BCUT2D eigenvalue weighted by Gasteiger charge is -2.07. The number of ether oxygens (including phenoxy) is 1. The average molecular weight is 497 g/mol. The highest BCUT2D eigenvalue weighted by atomic mass is 16.5. The van der Waals surface area contributed by atoms with Crippen molar-refractivity contribution in [3.05, 3.63) is 119 Å². The van der Waals surface area contributed by atoms with Gasteiger partial charge in [-0.3, -0.25) is 0 Å². The molecule has 0 spiro atoms. The highest BCUT2D eigenvalue weighted by molar-refractivity contribution is 5.25. The van der Waals surface area contributed by atoms with Crippen LogP contribution in [0.15, 0.2) is 85.5 Å². The maximum atomic E-state index is 5.77. The number of rotatable bonds is 19. The fourth-order valence-corrected chi connectivity index (χ4v) is 4.78. The van der Waals surface area contributed by atoms with Crippen LogP contribution in [-0.2, 0) is 43.4 Å². The average Bonchev–Trinajstić information content (AvgIpc) is 2.94. The second kappa shape index (κ2) is 17.8. The van der Waals surface area contributed by atoms with E-state index in [-0.39, 0.29) is 0 Å². The zero-order valence-corrected chi connectivity index (χ0v) is 23.2. The predicted molar refractivity (Wildman–Crippen MR) is 160 cm³/mol. The molecular weight excluding hydrogens is 448 g/mol. The Labute approximate surface area is 227 Å². The molecule has 1 heteroatoms. The molecule has 0 bridgehead atoms. The summed E-state index contributed by atoms with van der Waals surface area (Å²) in [6, 6.07) is 27.5. The number of hydrogen-bond acceptors (Lipinski definition) is 1. The predicted octanol–water partition coefficient (Wildman–Crippen LogP) is 9.64. The van der Waals surface area contributed by atoms with Crippen LogP contribution in [0.5, 0.6) is 0 Å². The Morgan fingerprint density at radius 2 is 0.892 bits per heavy atom. The van der Waals surface area contributed by atoms with Crippen molar-refractivity contribution >= 4 is 0 Å². The van der Waals surface area contributed by atoms with Gasteiger partial charge in [0.2, 0.25) is 0 Å². The van der Waals surface area contributed by atoms with Gasteiger partial charge in [-0.15, -0.1) is 6.58 Å². The molecule has 1 nitrogen and oxygen atoms in total. The van der Waals surface area contributed by atoms with Crippen molar-refractivity contribution in [3.63, 3.8) is 0 Å². The fourth-order valence-electron chi connectivity index (χ4n) is 4.78. The third-order valence-electron chi connectivity index (χ3n) is 7.23. The van der Waals surface area contributed by atoms with Crippen molar-refractivity contribution in [1.29, 1.82) is 0 Å². The zero-order chi connectivity index (χ0) is 26.0. The molecule has 37 heavy (non-hydrogen) atoms. The smallest absolute Gasteiger partial charge is 0.0716 e. The molecule has 3 rings (SSSR count). The summed E-state index contributed by atoms with van der Waals surface area (Å²) in [5.74, 6) is 0. The molecule has 3 aromatic rings. The maximum Gasteiger partial charge on any atom is 0.0716 e. The molecule has 0 saturated carbocycles. The third-order valence-corrected chi connectivity index (χ3v) is 7.23. The van der Waals surface area contributed by atoms with Gasteiger partial charge in [0.05, 0.1) is 6.61 Å². The number of aryl methyl sites for hydroxylation is 5. The van der Waals surface area contributed by atoms with Gasteiger partial charge in [-0.05, 0) is 104 Å². The molecule has 0 aliphatic rings. The molecule has 0 atom stereocenters. The fraction of sp³-hybridized carbons (Fsp3) is 0.444. The molecule has 0 unspecified atom stereocenters. The highest BCUT2D eigenvalue weighted by Gasteiger charge is 2.00. The standard InChI is InChI=1S/C36H48O/c1-3-5-11-29-37-30-36-27-25-35(26-28-36)16-10-9-15-34-23-21-33(22-24-34)14-8-7-13-32-19-17-31(18-20-32)12-6-4-2/h4,17-28H,2-3,5-16,29-30H2,1H3. The van der Waals surface area contributed by atoms with E-state index in [9.17, 15) is 0 Å². The molecule has 0 amide bonds. The quantitative estimate of drug-likeness (QED) is 0.119. The molecule has 0 aromatic heterocycles. The SMILES string of the molecule is C=CCCc1ccc(CCCCc2ccc(CCCCc3ccc(COCCCCC)cc3)cc2)cc1. The number of allylic oxidation sites excluding steroid dienone is 1. The van der Waals surface area contributed by atoms with E-state index in [1.807, 2.05) is 6.08 Å². The van der Waals surface area contributed by atoms with E-state index in [1.165, 1.54) is 97.6 Å². The van der Waals surface area contributed by atoms with Crippen LogP contribution in [0.1, 0.15) is 91.7 Å². The van der Waals surface area contributed by atoms with Crippen LogP contribution in [0.2, 0.25) is 0 Å². The summed E-state index contributed by atoms with van der Waals surface area (Å²) in [4.78, 5) is 0.